The lowest BCUT2D eigenvalue weighted by Crippen LogP contribution is -2.38. The Labute approximate surface area is 108 Å². The number of carbonyl (C=O) groups is 1. The quantitative estimate of drug-likeness (QED) is 0.759. The van der Waals surface area contributed by atoms with Gasteiger partial charge in [0.25, 0.3) is 5.91 Å². The minimum absolute atomic E-state index is 0.0377. The Morgan fingerprint density at radius 2 is 2.24 bits per heavy atom. The molecule has 0 aliphatic heterocycles. The molecule has 1 aromatic rings. The predicted molar refractivity (Wildman–Crippen MR) is 69.5 cm³/mol. The van der Waals surface area contributed by atoms with Crippen molar-refractivity contribution in [2.75, 3.05) is 12.4 Å². The van der Waals surface area contributed by atoms with E-state index in [1.54, 1.807) is 10.9 Å². The van der Waals surface area contributed by atoms with Crippen molar-refractivity contribution in [3.05, 3.63) is 17.5 Å². The molecule has 4 nitrogen and oxygen atoms in total. The summed E-state index contributed by atoms with van der Waals surface area (Å²) in [6.07, 6.45) is 2.44. The van der Waals surface area contributed by atoms with Gasteiger partial charge in [-0.05, 0) is 27.2 Å². The van der Waals surface area contributed by atoms with Crippen LogP contribution in [0.15, 0.2) is 6.20 Å². The van der Waals surface area contributed by atoms with Crippen LogP contribution in [-0.2, 0) is 7.05 Å². The van der Waals surface area contributed by atoms with Gasteiger partial charge in [-0.3, -0.25) is 9.48 Å². The first-order valence-electron chi connectivity index (χ1n) is 5.84. The van der Waals surface area contributed by atoms with Crippen molar-refractivity contribution < 1.29 is 4.79 Å². The van der Waals surface area contributed by atoms with Gasteiger partial charge < -0.3 is 4.90 Å². The summed E-state index contributed by atoms with van der Waals surface area (Å²) >= 11 is 5.68. The molecule has 1 amide bonds. The number of aryl methyl sites for hydroxylation is 1. The summed E-state index contributed by atoms with van der Waals surface area (Å²) in [6, 6.07) is 0.172. The Kier molecular flexibility index (Phi) is 5.00. The lowest BCUT2D eigenvalue weighted by molar-refractivity contribution is 0.0705. The topological polar surface area (TPSA) is 38.1 Å². The second kappa shape index (κ2) is 6.05. The molecule has 0 bridgehead atoms. The summed E-state index contributed by atoms with van der Waals surface area (Å²) in [5.41, 5.74) is 1.57. The number of hydrogen-bond acceptors (Lipinski definition) is 2. The SMILES string of the molecule is Cc1c(C(=O)N(CCCCl)C(C)C)cnn1C. The average molecular weight is 258 g/mol. The highest BCUT2D eigenvalue weighted by Gasteiger charge is 2.21. The monoisotopic (exact) mass is 257 g/mol. The fourth-order valence-corrected chi connectivity index (χ4v) is 1.81. The molecule has 0 fully saturated rings. The molecule has 0 N–H and O–H groups in total. The van der Waals surface area contributed by atoms with Crippen molar-refractivity contribution in [2.45, 2.75) is 33.2 Å². The van der Waals surface area contributed by atoms with Crippen LogP contribution in [0.2, 0.25) is 0 Å². The van der Waals surface area contributed by atoms with E-state index < -0.39 is 0 Å². The van der Waals surface area contributed by atoms with Crippen LogP contribution in [0, 0.1) is 6.92 Å². The molecule has 0 radical (unpaired) electrons. The van der Waals surface area contributed by atoms with Gasteiger partial charge in [-0.25, -0.2) is 0 Å². The summed E-state index contributed by atoms with van der Waals surface area (Å²) in [5, 5.41) is 4.10. The molecule has 5 heteroatoms. The summed E-state index contributed by atoms with van der Waals surface area (Å²) in [6.45, 7) is 6.62. The maximum atomic E-state index is 12.4. The summed E-state index contributed by atoms with van der Waals surface area (Å²) in [7, 11) is 1.84. The molecule has 0 spiro atoms. The second-order valence-corrected chi connectivity index (χ2v) is 4.78. The number of amides is 1. The van der Waals surface area contributed by atoms with Gasteiger partial charge in [0.1, 0.15) is 0 Å². The van der Waals surface area contributed by atoms with Crippen molar-refractivity contribution >= 4 is 17.5 Å². The normalized spacial score (nSPS) is 10.9. The van der Waals surface area contributed by atoms with E-state index in [0.29, 0.717) is 18.0 Å². The van der Waals surface area contributed by atoms with Crippen molar-refractivity contribution in [2.24, 2.45) is 7.05 Å². The van der Waals surface area contributed by atoms with Gasteiger partial charge in [0.2, 0.25) is 0 Å². The molecule has 96 valence electrons. The fraction of sp³-hybridized carbons (Fsp3) is 0.667. The molecular weight excluding hydrogens is 238 g/mol. The highest BCUT2D eigenvalue weighted by Crippen LogP contribution is 2.12. The van der Waals surface area contributed by atoms with Crippen molar-refractivity contribution in [1.29, 1.82) is 0 Å². The molecule has 0 atom stereocenters. The maximum absolute atomic E-state index is 12.4. The number of aromatic nitrogens is 2. The van der Waals surface area contributed by atoms with Crippen LogP contribution in [0.5, 0.6) is 0 Å². The van der Waals surface area contributed by atoms with E-state index in [4.69, 9.17) is 11.6 Å². The minimum atomic E-state index is 0.0377. The third-order valence-electron chi connectivity index (χ3n) is 2.88. The fourth-order valence-electron chi connectivity index (χ4n) is 1.69. The zero-order valence-corrected chi connectivity index (χ0v) is 11.7. The lowest BCUT2D eigenvalue weighted by Gasteiger charge is -2.26. The first-order valence-corrected chi connectivity index (χ1v) is 6.38. The number of hydrogen-bond donors (Lipinski definition) is 0. The van der Waals surface area contributed by atoms with Gasteiger partial charge in [-0.1, -0.05) is 0 Å². The van der Waals surface area contributed by atoms with Crippen LogP contribution >= 0.6 is 11.6 Å². The van der Waals surface area contributed by atoms with E-state index in [1.807, 2.05) is 32.7 Å². The molecule has 1 heterocycles. The summed E-state index contributed by atoms with van der Waals surface area (Å²) in [4.78, 5) is 14.2. The van der Waals surface area contributed by atoms with Crippen LogP contribution in [0.25, 0.3) is 0 Å². The van der Waals surface area contributed by atoms with E-state index in [9.17, 15) is 4.79 Å². The first-order chi connectivity index (χ1) is 7.99. The van der Waals surface area contributed by atoms with E-state index >= 15 is 0 Å². The van der Waals surface area contributed by atoms with Gasteiger partial charge in [-0.2, -0.15) is 5.10 Å². The number of alkyl halides is 1. The predicted octanol–water partition coefficient (Wildman–Crippen LogP) is 2.21. The van der Waals surface area contributed by atoms with Crippen LogP contribution in [0.1, 0.15) is 36.3 Å². The Balaban J connectivity index is 2.88. The zero-order chi connectivity index (χ0) is 13.0. The number of carbonyl (C=O) groups excluding carboxylic acids is 1. The van der Waals surface area contributed by atoms with Gasteiger partial charge in [0.15, 0.2) is 0 Å². The Morgan fingerprint density at radius 3 is 2.65 bits per heavy atom. The second-order valence-electron chi connectivity index (χ2n) is 4.40. The van der Waals surface area contributed by atoms with Gasteiger partial charge in [0.05, 0.1) is 11.8 Å². The average Bonchev–Trinajstić information content (AvgIpc) is 2.59. The largest absolute Gasteiger partial charge is 0.336 e. The third-order valence-corrected chi connectivity index (χ3v) is 3.15. The number of halogens is 1. The highest BCUT2D eigenvalue weighted by atomic mass is 35.5. The van der Waals surface area contributed by atoms with Crippen molar-refractivity contribution in [3.63, 3.8) is 0 Å². The van der Waals surface area contributed by atoms with Crippen molar-refractivity contribution in [3.8, 4) is 0 Å². The Bertz CT molecular complexity index is 387. The van der Waals surface area contributed by atoms with Gasteiger partial charge in [0, 0.05) is 31.2 Å². The molecule has 0 unspecified atom stereocenters. The van der Waals surface area contributed by atoms with E-state index in [2.05, 4.69) is 5.10 Å². The molecule has 1 rings (SSSR count). The molecular formula is C12H20ClN3O. The molecule has 0 aliphatic rings. The van der Waals surface area contributed by atoms with E-state index in [-0.39, 0.29) is 11.9 Å². The van der Waals surface area contributed by atoms with Crippen LogP contribution < -0.4 is 0 Å². The molecule has 1 aromatic heterocycles. The summed E-state index contributed by atoms with van der Waals surface area (Å²) in [5.74, 6) is 0.610. The van der Waals surface area contributed by atoms with E-state index in [0.717, 1.165) is 12.1 Å². The van der Waals surface area contributed by atoms with E-state index in [1.165, 1.54) is 0 Å². The summed E-state index contributed by atoms with van der Waals surface area (Å²) < 4.78 is 1.72. The molecule has 0 saturated carbocycles. The Morgan fingerprint density at radius 1 is 1.59 bits per heavy atom. The number of rotatable bonds is 5. The van der Waals surface area contributed by atoms with Crippen LogP contribution in [-0.4, -0.2) is 39.1 Å². The smallest absolute Gasteiger partial charge is 0.257 e. The zero-order valence-electron chi connectivity index (χ0n) is 10.9. The standard InChI is InChI=1S/C12H20ClN3O/c1-9(2)16(7-5-6-13)12(17)11-8-14-15(4)10(11)3/h8-9H,5-7H2,1-4H3. The minimum Gasteiger partial charge on any atom is -0.336 e. The Hall–Kier alpha value is -1.03. The van der Waals surface area contributed by atoms with Gasteiger partial charge in [-0.15, -0.1) is 11.6 Å². The molecule has 0 saturated heterocycles. The van der Waals surface area contributed by atoms with Crippen LogP contribution in [0.4, 0.5) is 0 Å². The van der Waals surface area contributed by atoms with Crippen molar-refractivity contribution in [1.82, 2.24) is 14.7 Å². The van der Waals surface area contributed by atoms with Gasteiger partial charge >= 0.3 is 0 Å². The lowest BCUT2D eigenvalue weighted by atomic mass is 10.2. The maximum Gasteiger partial charge on any atom is 0.257 e. The first kappa shape index (κ1) is 14.0. The molecule has 0 aliphatic carbocycles. The number of nitrogens with zero attached hydrogens (tertiary/aromatic N) is 3. The van der Waals surface area contributed by atoms with Crippen LogP contribution in [0.3, 0.4) is 0 Å². The molecule has 17 heavy (non-hydrogen) atoms. The molecule has 0 aromatic carbocycles. The highest BCUT2D eigenvalue weighted by molar-refractivity contribution is 6.17. The third kappa shape index (κ3) is 3.22.